The number of rotatable bonds is 4. The summed E-state index contributed by atoms with van der Waals surface area (Å²) in [4.78, 5) is 13.8. The van der Waals surface area contributed by atoms with Crippen molar-refractivity contribution in [1.29, 1.82) is 0 Å². The third kappa shape index (κ3) is 3.57. The molecule has 110 valence electrons. The van der Waals surface area contributed by atoms with Crippen molar-refractivity contribution in [1.82, 2.24) is 15.1 Å². The van der Waals surface area contributed by atoms with E-state index in [-0.39, 0.29) is 5.91 Å². The summed E-state index contributed by atoms with van der Waals surface area (Å²) in [7, 11) is 0. The zero-order valence-electron chi connectivity index (χ0n) is 11.3. The lowest BCUT2D eigenvalue weighted by atomic mass is 10.2. The Balaban J connectivity index is 1.60. The lowest BCUT2D eigenvalue weighted by Crippen LogP contribution is -2.29. The van der Waals surface area contributed by atoms with E-state index in [1.165, 1.54) is 11.8 Å². The second-order valence-electron chi connectivity index (χ2n) is 4.76. The predicted octanol–water partition coefficient (Wildman–Crippen LogP) is 3.10. The molecule has 3 rings (SSSR count). The summed E-state index contributed by atoms with van der Waals surface area (Å²) in [6.07, 6.45) is 2.19. The fourth-order valence-corrected chi connectivity index (χ4v) is 2.95. The van der Waals surface area contributed by atoms with Gasteiger partial charge in [0.25, 0.3) is 5.22 Å². The molecule has 1 aromatic heterocycles. The molecule has 2 aromatic rings. The fraction of sp³-hybridized carbons (Fsp3) is 0.357. The van der Waals surface area contributed by atoms with Crippen LogP contribution in [-0.2, 0) is 4.79 Å². The molecule has 5 nitrogen and oxygen atoms in total. The molecule has 0 saturated carbocycles. The van der Waals surface area contributed by atoms with Crippen LogP contribution < -0.4 is 0 Å². The van der Waals surface area contributed by atoms with Crippen molar-refractivity contribution < 1.29 is 9.21 Å². The Morgan fingerprint density at radius 2 is 1.95 bits per heavy atom. The molecule has 0 spiro atoms. The second kappa shape index (κ2) is 6.49. The van der Waals surface area contributed by atoms with Gasteiger partial charge in [0.2, 0.25) is 11.8 Å². The average molecular weight is 324 g/mol. The minimum atomic E-state index is 0.128. The van der Waals surface area contributed by atoms with Crippen molar-refractivity contribution in [2.75, 3.05) is 18.8 Å². The first kappa shape index (κ1) is 14.4. The Kier molecular flexibility index (Phi) is 4.45. The van der Waals surface area contributed by atoms with Gasteiger partial charge in [0, 0.05) is 23.7 Å². The highest BCUT2D eigenvalue weighted by molar-refractivity contribution is 7.99. The SMILES string of the molecule is O=C(CSc1nnc(-c2ccc(Cl)cc2)o1)N1CCCC1. The topological polar surface area (TPSA) is 59.2 Å². The Morgan fingerprint density at radius 3 is 2.67 bits per heavy atom. The van der Waals surface area contributed by atoms with Crippen molar-refractivity contribution in [2.45, 2.75) is 18.1 Å². The standard InChI is InChI=1S/C14H14ClN3O2S/c15-11-5-3-10(4-6-11)13-16-17-14(20-13)21-9-12(19)18-7-1-2-8-18/h3-6H,1-2,7-9H2. The van der Waals surface area contributed by atoms with E-state index in [4.69, 9.17) is 16.0 Å². The number of hydrogen-bond acceptors (Lipinski definition) is 5. The van der Waals surface area contributed by atoms with Gasteiger partial charge in [-0.2, -0.15) is 0 Å². The maximum absolute atomic E-state index is 11.9. The molecular formula is C14H14ClN3O2S. The molecule has 1 amide bonds. The molecule has 0 atom stereocenters. The molecule has 1 fully saturated rings. The number of amides is 1. The highest BCUT2D eigenvalue weighted by atomic mass is 35.5. The highest BCUT2D eigenvalue weighted by Crippen LogP contribution is 2.24. The number of halogens is 1. The first-order valence-electron chi connectivity index (χ1n) is 6.72. The van der Waals surface area contributed by atoms with E-state index in [0.717, 1.165) is 31.5 Å². The number of carbonyl (C=O) groups excluding carboxylic acids is 1. The molecule has 1 aromatic carbocycles. The minimum absolute atomic E-state index is 0.128. The second-order valence-corrected chi connectivity index (χ2v) is 6.12. The summed E-state index contributed by atoms with van der Waals surface area (Å²) in [5.41, 5.74) is 0.810. The van der Waals surface area contributed by atoms with Crippen LogP contribution in [-0.4, -0.2) is 39.8 Å². The van der Waals surface area contributed by atoms with Gasteiger partial charge in [-0.3, -0.25) is 4.79 Å². The number of aromatic nitrogens is 2. The van der Waals surface area contributed by atoms with Crippen LogP contribution in [0.1, 0.15) is 12.8 Å². The lowest BCUT2D eigenvalue weighted by molar-refractivity contribution is -0.127. The minimum Gasteiger partial charge on any atom is -0.411 e. The number of carbonyl (C=O) groups is 1. The molecule has 2 heterocycles. The molecule has 0 aliphatic carbocycles. The molecule has 7 heteroatoms. The summed E-state index contributed by atoms with van der Waals surface area (Å²) in [5, 5.41) is 9.01. The molecule has 0 unspecified atom stereocenters. The molecular weight excluding hydrogens is 310 g/mol. The van der Waals surface area contributed by atoms with Crippen LogP contribution in [0.15, 0.2) is 33.9 Å². The monoisotopic (exact) mass is 323 g/mol. The molecule has 0 radical (unpaired) electrons. The Bertz CT molecular complexity index is 623. The zero-order valence-corrected chi connectivity index (χ0v) is 12.9. The van der Waals surface area contributed by atoms with Crippen molar-refractivity contribution in [3.8, 4) is 11.5 Å². The third-order valence-electron chi connectivity index (χ3n) is 3.28. The Hall–Kier alpha value is -1.53. The number of thioether (sulfide) groups is 1. The molecule has 21 heavy (non-hydrogen) atoms. The number of benzene rings is 1. The Labute approximate surface area is 131 Å². The summed E-state index contributed by atoms with van der Waals surface area (Å²) in [5.74, 6) is 0.897. The van der Waals surface area contributed by atoms with Crippen molar-refractivity contribution in [3.05, 3.63) is 29.3 Å². The molecule has 0 N–H and O–H groups in total. The van der Waals surface area contributed by atoms with E-state index < -0.39 is 0 Å². The zero-order chi connectivity index (χ0) is 14.7. The van der Waals surface area contributed by atoms with Gasteiger partial charge >= 0.3 is 0 Å². The van der Waals surface area contributed by atoms with Gasteiger partial charge in [0.15, 0.2) is 0 Å². The lowest BCUT2D eigenvalue weighted by Gasteiger charge is -2.13. The van der Waals surface area contributed by atoms with Gasteiger partial charge in [0.1, 0.15) is 0 Å². The van der Waals surface area contributed by atoms with Gasteiger partial charge in [-0.25, -0.2) is 0 Å². The first-order valence-corrected chi connectivity index (χ1v) is 8.09. The number of hydrogen-bond donors (Lipinski definition) is 0. The molecule has 0 bridgehead atoms. The fourth-order valence-electron chi connectivity index (χ4n) is 2.16. The molecule has 1 aliphatic rings. The summed E-state index contributed by atoms with van der Waals surface area (Å²) < 4.78 is 5.55. The Morgan fingerprint density at radius 1 is 1.24 bits per heavy atom. The van der Waals surface area contributed by atoms with Gasteiger partial charge < -0.3 is 9.32 Å². The van der Waals surface area contributed by atoms with Crippen LogP contribution in [0.4, 0.5) is 0 Å². The normalized spacial score (nSPS) is 14.6. The highest BCUT2D eigenvalue weighted by Gasteiger charge is 2.19. The average Bonchev–Trinajstić information content (AvgIpc) is 3.17. The first-order chi connectivity index (χ1) is 10.2. The maximum atomic E-state index is 11.9. The van der Waals surface area contributed by atoms with Crippen LogP contribution in [0.2, 0.25) is 5.02 Å². The van der Waals surface area contributed by atoms with Crippen LogP contribution in [0.25, 0.3) is 11.5 Å². The maximum Gasteiger partial charge on any atom is 0.277 e. The van der Waals surface area contributed by atoms with Crippen LogP contribution >= 0.6 is 23.4 Å². The number of likely N-dealkylation sites (tertiary alicyclic amines) is 1. The quantitative estimate of drug-likeness (QED) is 0.809. The van der Waals surface area contributed by atoms with E-state index in [1.807, 2.05) is 17.0 Å². The summed E-state index contributed by atoms with van der Waals surface area (Å²) in [6.45, 7) is 1.72. The molecule has 1 aliphatic heterocycles. The van der Waals surface area contributed by atoms with Crippen LogP contribution in [0.3, 0.4) is 0 Å². The van der Waals surface area contributed by atoms with Crippen molar-refractivity contribution in [3.63, 3.8) is 0 Å². The molecule has 1 saturated heterocycles. The van der Waals surface area contributed by atoms with Gasteiger partial charge in [-0.05, 0) is 37.1 Å². The van der Waals surface area contributed by atoms with E-state index in [0.29, 0.717) is 21.9 Å². The summed E-state index contributed by atoms with van der Waals surface area (Å²) in [6, 6.07) is 7.18. The van der Waals surface area contributed by atoms with Crippen LogP contribution in [0.5, 0.6) is 0 Å². The van der Waals surface area contributed by atoms with E-state index in [9.17, 15) is 4.79 Å². The van der Waals surface area contributed by atoms with Gasteiger partial charge in [-0.1, -0.05) is 23.4 Å². The third-order valence-corrected chi connectivity index (χ3v) is 4.33. The van der Waals surface area contributed by atoms with Crippen molar-refractivity contribution in [2.24, 2.45) is 0 Å². The van der Waals surface area contributed by atoms with E-state index in [2.05, 4.69) is 10.2 Å². The van der Waals surface area contributed by atoms with E-state index >= 15 is 0 Å². The van der Waals surface area contributed by atoms with Crippen LogP contribution in [0, 0.1) is 0 Å². The summed E-state index contributed by atoms with van der Waals surface area (Å²) >= 11 is 7.11. The largest absolute Gasteiger partial charge is 0.411 e. The predicted molar refractivity (Wildman–Crippen MR) is 81.3 cm³/mol. The van der Waals surface area contributed by atoms with Gasteiger partial charge in [0.05, 0.1) is 5.75 Å². The van der Waals surface area contributed by atoms with Crippen molar-refractivity contribution >= 4 is 29.3 Å². The van der Waals surface area contributed by atoms with Gasteiger partial charge in [-0.15, -0.1) is 10.2 Å². The number of nitrogens with zero attached hydrogens (tertiary/aromatic N) is 3. The smallest absolute Gasteiger partial charge is 0.277 e. The van der Waals surface area contributed by atoms with E-state index in [1.54, 1.807) is 12.1 Å².